The van der Waals surface area contributed by atoms with Crippen LogP contribution in [0.5, 0.6) is 0 Å². The van der Waals surface area contributed by atoms with Crippen LogP contribution >= 0.6 is 0 Å². The molecule has 0 aromatic rings. The lowest BCUT2D eigenvalue weighted by atomic mass is 10.2. The number of nitrogens with zero attached hydrogens (tertiary/aromatic N) is 1. The summed E-state index contributed by atoms with van der Waals surface area (Å²) in [6.45, 7) is 8.03. The fraction of sp³-hybridized carbons (Fsp3) is 1.00. The Labute approximate surface area is 98.6 Å². The zero-order valence-electron chi connectivity index (χ0n) is 10.5. The van der Waals surface area contributed by atoms with Gasteiger partial charge in [-0.05, 0) is 31.8 Å². The van der Waals surface area contributed by atoms with Gasteiger partial charge in [-0.25, -0.2) is 0 Å². The molecular formula is C12H26N2O2. The van der Waals surface area contributed by atoms with Gasteiger partial charge in [0, 0.05) is 19.6 Å². The predicted molar refractivity (Wildman–Crippen MR) is 65.4 cm³/mol. The summed E-state index contributed by atoms with van der Waals surface area (Å²) in [5.74, 6) is 0.507. The minimum absolute atomic E-state index is 0.222. The molecule has 16 heavy (non-hydrogen) atoms. The van der Waals surface area contributed by atoms with Crippen molar-refractivity contribution in [2.75, 3.05) is 32.7 Å². The van der Waals surface area contributed by atoms with Crippen molar-refractivity contribution in [1.29, 1.82) is 0 Å². The number of rotatable bonds is 9. The Hall–Kier alpha value is -0.160. The summed E-state index contributed by atoms with van der Waals surface area (Å²) in [6, 6.07) is 0. The molecule has 1 rings (SSSR count). The highest BCUT2D eigenvalue weighted by atomic mass is 16.3. The molecule has 1 aliphatic rings. The molecule has 2 unspecified atom stereocenters. The third-order valence-corrected chi connectivity index (χ3v) is 3.26. The minimum atomic E-state index is -0.341. The molecule has 0 aromatic carbocycles. The Morgan fingerprint density at radius 2 is 1.81 bits per heavy atom. The van der Waals surface area contributed by atoms with Crippen molar-refractivity contribution < 1.29 is 10.2 Å². The summed E-state index contributed by atoms with van der Waals surface area (Å²) in [5, 5.41) is 22.5. The van der Waals surface area contributed by atoms with Gasteiger partial charge in [-0.15, -0.1) is 0 Å². The van der Waals surface area contributed by atoms with Crippen molar-refractivity contribution in [2.45, 2.75) is 38.9 Å². The maximum Gasteiger partial charge on any atom is 0.0791 e. The second-order valence-electron chi connectivity index (χ2n) is 4.70. The number of aliphatic hydroxyl groups is 2. The zero-order valence-corrected chi connectivity index (χ0v) is 10.5. The standard InChI is InChI=1S/C12H26N2O2/c1-3-14(4-2)9-11(15)7-13-8-12(16)10-5-6-10/h10-13,15-16H,3-9H2,1-2H3. The second-order valence-corrected chi connectivity index (χ2v) is 4.70. The quantitative estimate of drug-likeness (QED) is 0.524. The summed E-state index contributed by atoms with van der Waals surface area (Å²) < 4.78 is 0. The summed E-state index contributed by atoms with van der Waals surface area (Å²) in [5.41, 5.74) is 0. The molecule has 1 aliphatic carbocycles. The highest BCUT2D eigenvalue weighted by Crippen LogP contribution is 2.32. The molecule has 0 radical (unpaired) electrons. The van der Waals surface area contributed by atoms with Crippen LogP contribution in [0.2, 0.25) is 0 Å². The largest absolute Gasteiger partial charge is 0.392 e. The van der Waals surface area contributed by atoms with Crippen molar-refractivity contribution >= 4 is 0 Å². The van der Waals surface area contributed by atoms with E-state index in [9.17, 15) is 10.2 Å². The number of hydrogen-bond acceptors (Lipinski definition) is 4. The fourth-order valence-electron chi connectivity index (χ4n) is 1.89. The van der Waals surface area contributed by atoms with Crippen molar-refractivity contribution in [1.82, 2.24) is 10.2 Å². The van der Waals surface area contributed by atoms with Crippen LogP contribution in [0.4, 0.5) is 0 Å². The Bertz CT molecular complexity index is 182. The summed E-state index contributed by atoms with van der Waals surface area (Å²) >= 11 is 0. The van der Waals surface area contributed by atoms with Gasteiger partial charge in [-0.3, -0.25) is 0 Å². The SMILES string of the molecule is CCN(CC)CC(O)CNCC(O)C1CC1. The first-order valence-electron chi connectivity index (χ1n) is 6.46. The van der Waals surface area contributed by atoms with Crippen molar-refractivity contribution in [2.24, 2.45) is 5.92 Å². The van der Waals surface area contributed by atoms with Gasteiger partial charge in [-0.2, -0.15) is 0 Å². The first-order valence-corrected chi connectivity index (χ1v) is 6.46. The van der Waals surface area contributed by atoms with Gasteiger partial charge in [0.15, 0.2) is 0 Å². The molecule has 4 heteroatoms. The molecule has 0 heterocycles. The van der Waals surface area contributed by atoms with E-state index in [0.29, 0.717) is 25.6 Å². The first kappa shape index (κ1) is 13.9. The van der Waals surface area contributed by atoms with Gasteiger partial charge in [0.05, 0.1) is 12.2 Å². The van der Waals surface area contributed by atoms with Crippen molar-refractivity contribution in [3.8, 4) is 0 Å². The van der Waals surface area contributed by atoms with Gasteiger partial charge in [0.1, 0.15) is 0 Å². The van der Waals surface area contributed by atoms with E-state index in [-0.39, 0.29) is 12.2 Å². The molecule has 0 spiro atoms. The third kappa shape index (κ3) is 5.25. The van der Waals surface area contributed by atoms with Crippen LogP contribution in [-0.4, -0.2) is 60.0 Å². The molecule has 0 aromatic heterocycles. The highest BCUT2D eigenvalue weighted by molar-refractivity contribution is 4.82. The molecule has 0 amide bonds. The maximum atomic E-state index is 9.76. The smallest absolute Gasteiger partial charge is 0.0791 e. The van der Waals surface area contributed by atoms with Crippen LogP contribution in [0.3, 0.4) is 0 Å². The summed E-state index contributed by atoms with van der Waals surface area (Å²) in [4.78, 5) is 2.20. The molecule has 0 saturated heterocycles. The lowest BCUT2D eigenvalue weighted by Gasteiger charge is -2.22. The lowest BCUT2D eigenvalue weighted by molar-refractivity contribution is 0.105. The first-order chi connectivity index (χ1) is 7.67. The third-order valence-electron chi connectivity index (χ3n) is 3.26. The van der Waals surface area contributed by atoms with Gasteiger partial charge in [0.2, 0.25) is 0 Å². The van der Waals surface area contributed by atoms with E-state index in [2.05, 4.69) is 24.1 Å². The van der Waals surface area contributed by atoms with Crippen molar-refractivity contribution in [3.63, 3.8) is 0 Å². The fourth-order valence-corrected chi connectivity index (χ4v) is 1.89. The maximum absolute atomic E-state index is 9.76. The molecule has 0 aliphatic heterocycles. The average Bonchev–Trinajstić information content (AvgIpc) is 3.09. The summed E-state index contributed by atoms with van der Waals surface area (Å²) in [7, 11) is 0. The van der Waals surface area contributed by atoms with Crippen LogP contribution in [0, 0.1) is 5.92 Å². The molecular weight excluding hydrogens is 204 g/mol. The Kier molecular flexibility index (Phi) is 6.28. The van der Waals surface area contributed by atoms with Gasteiger partial charge >= 0.3 is 0 Å². The molecule has 1 fully saturated rings. The van der Waals surface area contributed by atoms with E-state index in [1.807, 2.05) is 0 Å². The van der Waals surface area contributed by atoms with Gasteiger partial charge in [-0.1, -0.05) is 13.8 Å². The second kappa shape index (κ2) is 7.22. The minimum Gasteiger partial charge on any atom is -0.392 e. The molecule has 96 valence electrons. The summed E-state index contributed by atoms with van der Waals surface area (Å²) in [6.07, 6.45) is 1.75. The molecule has 0 bridgehead atoms. The highest BCUT2D eigenvalue weighted by Gasteiger charge is 2.29. The Morgan fingerprint density at radius 3 is 2.31 bits per heavy atom. The normalized spacial score (nSPS) is 20.1. The topological polar surface area (TPSA) is 55.7 Å². The molecule has 2 atom stereocenters. The average molecular weight is 230 g/mol. The number of aliphatic hydroxyl groups excluding tert-OH is 2. The van der Waals surface area contributed by atoms with Crippen LogP contribution in [0.15, 0.2) is 0 Å². The number of hydrogen-bond donors (Lipinski definition) is 3. The van der Waals surface area contributed by atoms with Crippen LogP contribution < -0.4 is 5.32 Å². The molecule has 1 saturated carbocycles. The zero-order chi connectivity index (χ0) is 12.0. The van der Waals surface area contributed by atoms with Crippen molar-refractivity contribution in [3.05, 3.63) is 0 Å². The van der Waals surface area contributed by atoms with E-state index in [4.69, 9.17) is 0 Å². The molecule has 4 nitrogen and oxygen atoms in total. The van der Waals surface area contributed by atoms with E-state index in [1.165, 1.54) is 0 Å². The number of likely N-dealkylation sites (N-methyl/N-ethyl adjacent to an activating group) is 1. The number of nitrogens with one attached hydrogen (secondary N) is 1. The van der Waals surface area contributed by atoms with Crippen LogP contribution in [0.1, 0.15) is 26.7 Å². The lowest BCUT2D eigenvalue weighted by Crippen LogP contribution is -2.40. The van der Waals surface area contributed by atoms with Gasteiger partial charge in [0.25, 0.3) is 0 Å². The van der Waals surface area contributed by atoms with Crippen LogP contribution in [-0.2, 0) is 0 Å². The van der Waals surface area contributed by atoms with Gasteiger partial charge < -0.3 is 20.4 Å². The molecule has 3 N–H and O–H groups in total. The van der Waals surface area contributed by atoms with E-state index < -0.39 is 0 Å². The Balaban J connectivity index is 2.02. The van der Waals surface area contributed by atoms with E-state index in [1.54, 1.807) is 0 Å². The van der Waals surface area contributed by atoms with Crippen LogP contribution in [0.25, 0.3) is 0 Å². The monoisotopic (exact) mass is 230 g/mol. The van der Waals surface area contributed by atoms with E-state index >= 15 is 0 Å². The Morgan fingerprint density at radius 1 is 1.19 bits per heavy atom. The van der Waals surface area contributed by atoms with E-state index in [0.717, 1.165) is 25.9 Å². The predicted octanol–water partition coefficient (Wildman–Crippen LogP) is 0.0496.